The molecule has 0 bridgehead atoms. The van der Waals surface area contributed by atoms with Gasteiger partial charge in [0, 0.05) is 9.75 Å². The molecule has 0 radical (unpaired) electrons. The van der Waals surface area contributed by atoms with Gasteiger partial charge in [-0.1, -0.05) is 12.1 Å². The van der Waals surface area contributed by atoms with Crippen LogP contribution < -0.4 is 5.32 Å². The van der Waals surface area contributed by atoms with Crippen LogP contribution in [0.15, 0.2) is 30.3 Å². The van der Waals surface area contributed by atoms with Gasteiger partial charge in [0.05, 0.1) is 6.04 Å². The Labute approximate surface area is 105 Å². The van der Waals surface area contributed by atoms with E-state index in [0.717, 1.165) is 5.56 Å². The molecule has 1 unspecified atom stereocenters. The Balaban J connectivity index is 2.39. The molecule has 3 heteroatoms. The van der Waals surface area contributed by atoms with Crippen molar-refractivity contribution < 1.29 is 4.39 Å². The van der Waals surface area contributed by atoms with Crippen molar-refractivity contribution in [2.75, 3.05) is 7.05 Å². The molecular weight excluding hydrogens is 233 g/mol. The second-order valence-electron chi connectivity index (χ2n) is 4.14. The fourth-order valence-corrected chi connectivity index (χ4v) is 3.06. The highest BCUT2D eigenvalue weighted by Crippen LogP contribution is 2.30. The largest absolute Gasteiger partial charge is 0.309 e. The zero-order chi connectivity index (χ0) is 12.4. The first-order chi connectivity index (χ1) is 8.11. The van der Waals surface area contributed by atoms with Crippen LogP contribution in [0.25, 0.3) is 0 Å². The first-order valence-corrected chi connectivity index (χ1v) is 6.43. The zero-order valence-corrected chi connectivity index (χ0v) is 11.1. The number of hydrogen-bond donors (Lipinski definition) is 1. The monoisotopic (exact) mass is 249 g/mol. The summed E-state index contributed by atoms with van der Waals surface area (Å²) in [5.74, 6) is -0.193. The molecule has 1 aromatic carbocycles. The highest BCUT2D eigenvalue weighted by molar-refractivity contribution is 7.12. The summed E-state index contributed by atoms with van der Waals surface area (Å²) >= 11 is 1.80. The Kier molecular flexibility index (Phi) is 3.60. The molecule has 17 heavy (non-hydrogen) atoms. The number of aryl methyl sites for hydroxylation is 2. The molecule has 0 fully saturated rings. The van der Waals surface area contributed by atoms with Gasteiger partial charge in [0.2, 0.25) is 0 Å². The van der Waals surface area contributed by atoms with Crippen molar-refractivity contribution in [3.05, 3.63) is 57.0 Å². The Hall–Kier alpha value is -1.19. The maximum atomic E-state index is 12.9. The highest BCUT2D eigenvalue weighted by atomic mass is 32.1. The fourth-order valence-electron chi connectivity index (χ4n) is 2.09. The standard InChI is InChI=1S/C14H16FNS/c1-9-8-13(10(2)17-9)14(16-3)11-4-6-12(15)7-5-11/h4-8,14,16H,1-3H3. The summed E-state index contributed by atoms with van der Waals surface area (Å²) in [6.45, 7) is 4.24. The Morgan fingerprint density at radius 2 is 1.82 bits per heavy atom. The third-order valence-corrected chi connectivity index (χ3v) is 3.86. The molecule has 0 saturated heterocycles. The van der Waals surface area contributed by atoms with Gasteiger partial charge in [0.25, 0.3) is 0 Å². The Morgan fingerprint density at radius 1 is 1.18 bits per heavy atom. The van der Waals surface area contributed by atoms with E-state index in [1.54, 1.807) is 11.3 Å². The van der Waals surface area contributed by atoms with Gasteiger partial charge in [-0.15, -0.1) is 11.3 Å². The molecule has 1 aromatic heterocycles. The molecule has 1 nitrogen and oxygen atoms in total. The van der Waals surface area contributed by atoms with Crippen molar-refractivity contribution in [2.24, 2.45) is 0 Å². The van der Waals surface area contributed by atoms with E-state index in [9.17, 15) is 4.39 Å². The van der Waals surface area contributed by atoms with Crippen LogP contribution >= 0.6 is 11.3 Å². The summed E-state index contributed by atoms with van der Waals surface area (Å²) in [6, 6.07) is 9.03. The lowest BCUT2D eigenvalue weighted by Crippen LogP contribution is -2.17. The van der Waals surface area contributed by atoms with Crippen molar-refractivity contribution >= 4 is 11.3 Å². The number of rotatable bonds is 3. The average Bonchev–Trinajstić information content (AvgIpc) is 2.62. The lowest BCUT2D eigenvalue weighted by molar-refractivity contribution is 0.623. The van der Waals surface area contributed by atoms with E-state index in [1.807, 2.05) is 19.2 Å². The predicted molar refractivity (Wildman–Crippen MR) is 71.1 cm³/mol. The molecule has 0 spiro atoms. The first-order valence-electron chi connectivity index (χ1n) is 5.61. The molecule has 1 atom stereocenters. The molecule has 0 aliphatic heterocycles. The molecule has 0 aliphatic rings. The summed E-state index contributed by atoms with van der Waals surface area (Å²) in [7, 11) is 1.93. The van der Waals surface area contributed by atoms with Crippen LogP contribution in [0, 0.1) is 19.7 Å². The van der Waals surface area contributed by atoms with Gasteiger partial charge < -0.3 is 5.32 Å². The van der Waals surface area contributed by atoms with E-state index >= 15 is 0 Å². The van der Waals surface area contributed by atoms with E-state index in [0.29, 0.717) is 0 Å². The lowest BCUT2D eigenvalue weighted by atomic mass is 9.99. The number of hydrogen-bond acceptors (Lipinski definition) is 2. The molecule has 0 aliphatic carbocycles. The van der Waals surface area contributed by atoms with Crippen LogP contribution in [-0.2, 0) is 0 Å². The fraction of sp³-hybridized carbons (Fsp3) is 0.286. The minimum Gasteiger partial charge on any atom is -0.309 e. The Bertz CT molecular complexity index is 501. The van der Waals surface area contributed by atoms with Crippen molar-refractivity contribution in [3.8, 4) is 0 Å². The number of benzene rings is 1. The smallest absolute Gasteiger partial charge is 0.123 e. The highest BCUT2D eigenvalue weighted by Gasteiger charge is 2.16. The van der Waals surface area contributed by atoms with Gasteiger partial charge in [-0.3, -0.25) is 0 Å². The van der Waals surface area contributed by atoms with Gasteiger partial charge in [-0.25, -0.2) is 4.39 Å². The topological polar surface area (TPSA) is 12.0 Å². The number of halogens is 1. The van der Waals surface area contributed by atoms with E-state index in [-0.39, 0.29) is 11.9 Å². The minimum atomic E-state index is -0.193. The molecule has 90 valence electrons. The van der Waals surface area contributed by atoms with Crippen molar-refractivity contribution in [1.29, 1.82) is 0 Å². The van der Waals surface area contributed by atoms with E-state index in [2.05, 4.69) is 25.2 Å². The molecule has 2 rings (SSSR count). The van der Waals surface area contributed by atoms with Crippen molar-refractivity contribution in [3.63, 3.8) is 0 Å². The van der Waals surface area contributed by atoms with Gasteiger partial charge >= 0.3 is 0 Å². The normalized spacial score (nSPS) is 12.7. The summed E-state index contributed by atoms with van der Waals surface area (Å²) in [4.78, 5) is 2.62. The minimum absolute atomic E-state index is 0.139. The molecule has 1 N–H and O–H groups in total. The van der Waals surface area contributed by atoms with Crippen LogP contribution in [0.4, 0.5) is 4.39 Å². The summed E-state index contributed by atoms with van der Waals surface area (Å²) in [6.07, 6.45) is 0. The number of nitrogens with one attached hydrogen (secondary N) is 1. The zero-order valence-electron chi connectivity index (χ0n) is 10.3. The summed E-state index contributed by atoms with van der Waals surface area (Å²) in [5.41, 5.74) is 2.37. The molecule has 1 heterocycles. The maximum Gasteiger partial charge on any atom is 0.123 e. The summed E-state index contributed by atoms with van der Waals surface area (Å²) in [5, 5.41) is 3.29. The third-order valence-electron chi connectivity index (χ3n) is 2.88. The van der Waals surface area contributed by atoms with E-state index in [1.165, 1.54) is 27.5 Å². The maximum absolute atomic E-state index is 12.9. The quantitative estimate of drug-likeness (QED) is 0.872. The second-order valence-corrected chi connectivity index (χ2v) is 5.60. The summed E-state index contributed by atoms with van der Waals surface area (Å²) < 4.78 is 12.9. The van der Waals surface area contributed by atoms with Crippen LogP contribution in [0.1, 0.15) is 26.9 Å². The van der Waals surface area contributed by atoms with E-state index < -0.39 is 0 Å². The van der Waals surface area contributed by atoms with Crippen LogP contribution in [0.2, 0.25) is 0 Å². The Morgan fingerprint density at radius 3 is 2.29 bits per heavy atom. The second kappa shape index (κ2) is 4.98. The van der Waals surface area contributed by atoms with Crippen LogP contribution in [0.3, 0.4) is 0 Å². The molecule has 2 aromatic rings. The predicted octanol–water partition coefficient (Wildman–Crippen LogP) is 3.81. The molecular formula is C14H16FNS. The van der Waals surface area contributed by atoms with Gasteiger partial charge in [-0.2, -0.15) is 0 Å². The molecule has 0 saturated carbocycles. The van der Waals surface area contributed by atoms with Crippen molar-refractivity contribution in [2.45, 2.75) is 19.9 Å². The molecule has 0 amide bonds. The van der Waals surface area contributed by atoms with Gasteiger partial charge in [-0.05, 0) is 50.2 Å². The van der Waals surface area contributed by atoms with Gasteiger partial charge in [0.15, 0.2) is 0 Å². The third kappa shape index (κ3) is 2.56. The van der Waals surface area contributed by atoms with Crippen molar-refractivity contribution in [1.82, 2.24) is 5.32 Å². The first kappa shape index (κ1) is 12.3. The SMILES string of the molecule is CNC(c1ccc(F)cc1)c1cc(C)sc1C. The lowest BCUT2D eigenvalue weighted by Gasteiger charge is -2.16. The van der Waals surface area contributed by atoms with Crippen LogP contribution in [0.5, 0.6) is 0 Å². The van der Waals surface area contributed by atoms with E-state index in [4.69, 9.17) is 0 Å². The van der Waals surface area contributed by atoms with Crippen LogP contribution in [-0.4, -0.2) is 7.05 Å². The van der Waals surface area contributed by atoms with Gasteiger partial charge in [0.1, 0.15) is 5.82 Å². The number of thiophene rings is 1. The average molecular weight is 249 g/mol.